The van der Waals surface area contributed by atoms with Gasteiger partial charge < -0.3 is 47.3 Å². The van der Waals surface area contributed by atoms with Crippen molar-refractivity contribution in [1.82, 2.24) is 31.5 Å². The van der Waals surface area contributed by atoms with E-state index >= 15 is 0 Å². The molecule has 3 amide bonds. The van der Waals surface area contributed by atoms with Crippen LogP contribution in [0.25, 0.3) is 0 Å². The Hall–Kier alpha value is -3.06. The Balaban J connectivity index is 0.00000356. The van der Waals surface area contributed by atoms with E-state index in [1.165, 1.54) is 16.4 Å². The summed E-state index contributed by atoms with van der Waals surface area (Å²) in [4.78, 5) is 65.0. The van der Waals surface area contributed by atoms with Crippen LogP contribution in [0.5, 0.6) is 0 Å². The first-order chi connectivity index (χ1) is 34.4. The minimum atomic E-state index is -2.27. The van der Waals surface area contributed by atoms with E-state index in [9.17, 15) is 14.4 Å². The number of guanidine groups is 2. The molecular weight excluding hydrogens is 1060 g/mol. The fourth-order valence-electron chi connectivity index (χ4n) is 8.74. The van der Waals surface area contributed by atoms with Gasteiger partial charge in [0.2, 0.25) is 11.8 Å². The predicted octanol–water partition coefficient (Wildman–Crippen LogP) is 2.49. The summed E-state index contributed by atoms with van der Waals surface area (Å²) < 4.78 is 24.6. The Kier molecular flexibility index (Phi) is 30.0. The number of rotatable bonds is 37. The summed E-state index contributed by atoms with van der Waals surface area (Å²) in [6.45, 7) is 6.15. The molecule has 22 heteroatoms. The molecule has 71 heavy (non-hydrogen) atoms. The van der Waals surface area contributed by atoms with Crippen molar-refractivity contribution in [2.75, 3.05) is 104 Å². The van der Waals surface area contributed by atoms with Gasteiger partial charge in [0.05, 0.1) is 37.3 Å². The Morgan fingerprint density at radius 1 is 0.690 bits per heavy atom. The molecule has 0 aromatic heterocycles. The van der Waals surface area contributed by atoms with E-state index in [1.807, 2.05) is 46.6 Å². The van der Waals surface area contributed by atoms with E-state index in [4.69, 9.17) is 40.3 Å². The molecule has 0 radical (unpaired) electrons. The number of fused-ring (bicyclic) bond motifs is 2. The molecule has 6 atom stereocenters. The van der Waals surface area contributed by atoms with Gasteiger partial charge in [-0.05, 0) is 51.4 Å². The molecular formula is C49H86N10O9S2Sn. The van der Waals surface area contributed by atoms with Gasteiger partial charge in [0.15, 0.2) is 11.9 Å². The number of nitrogens with two attached hydrogens (primary N) is 2. The summed E-state index contributed by atoms with van der Waals surface area (Å²) in [6, 6.07) is 9.43. The number of amides is 3. The van der Waals surface area contributed by atoms with Crippen molar-refractivity contribution in [3.8, 4) is 0 Å². The number of nitrogens with one attached hydrogen (secondary N) is 5. The molecule has 0 saturated carbocycles. The number of unbranched alkanes of at least 4 members (excludes halogenated alkanes) is 6. The third-order valence-corrected chi connectivity index (χ3v) is 21.4. The number of carboxylic acid groups (broad SMARTS) is 1. The molecule has 1 aromatic carbocycles. The van der Waals surface area contributed by atoms with E-state index in [0.29, 0.717) is 118 Å². The van der Waals surface area contributed by atoms with Crippen LogP contribution in [0.15, 0.2) is 34.3 Å². The first-order valence-electron chi connectivity index (χ1n) is 25.8. The second-order valence-electron chi connectivity index (χ2n) is 19.4. The zero-order valence-electron chi connectivity index (χ0n) is 42.7. The third kappa shape index (κ3) is 24.7. The topological polar surface area (TPSA) is 266 Å². The van der Waals surface area contributed by atoms with Gasteiger partial charge in [-0.3, -0.25) is 19.3 Å². The van der Waals surface area contributed by atoms with Gasteiger partial charge in [0.1, 0.15) is 0 Å². The van der Waals surface area contributed by atoms with Gasteiger partial charge in [0, 0.05) is 68.1 Å². The van der Waals surface area contributed by atoms with Crippen LogP contribution in [0.1, 0.15) is 87.4 Å². The van der Waals surface area contributed by atoms with Crippen molar-refractivity contribution >= 4 is 81.6 Å². The zero-order valence-corrected chi connectivity index (χ0v) is 47.2. The zero-order chi connectivity index (χ0) is 51.1. The number of benzene rings is 1. The first kappa shape index (κ1) is 60.5. The number of thioether (sulfide) groups is 2. The Bertz CT molecular complexity index is 1710. The molecule has 1 aromatic rings. The van der Waals surface area contributed by atoms with Gasteiger partial charge in [0.25, 0.3) is 6.47 Å². The van der Waals surface area contributed by atoms with Crippen molar-refractivity contribution < 1.29 is 43.2 Å². The van der Waals surface area contributed by atoms with Crippen LogP contribution in [0.3, 0.4) is 0 Å². The molecule has 0 aliphatic carbocycles. The van der Waals surface area contributed by atoms with E-state index in [-0.39, 0.29) is 37.3 Å². The van der Waals surface area contributed by atoms with Crippen LogP contribution in [-0.4, -0.2) is 203 Å². The van der Waals surface area contributed by atoms with Crippen molar-refractivity contribution in [3.63, 3.8) is 0 Å². The monoisotopic (exact) mass is 1140 g/mol. The fraction of sp³-hybridized carbons (Fsp3) is 0.755. The Morgan fingerprint density at radius 3 is 1.68 bits per heavy atom. The number of carbonyl (C=O) groups is 4. The van der Waals surface area contributed by atoms with Crippen LogP contribution in [-0.2, 0) is 33.3 Å². The van der Waals surface area contributed by atoms with Gasteiger partial charge in [-0.25, -0.2) is 9.98 Å². The number of nitrogens with zero attached hydrogens (tertiary/aromatic N) is 3. The number of ether oxygens (including phenoxy) is 4. The standard InChI is InChI=1S/C45H75N10O7S2.CH2O2.3CH3.Sn/c46-44-51-35-32-63-37(41(35)53-44)16-6-2-10-22-59-24-12-8-18-48-39(56)30-55(21-27-62-29-28-61-26-20-50-43(58)34-14-4-1-5-15-34)31-40(57)49-19-9-13-25-60-23-11-3-7-17-38-42-36(33-64-38)52-45(47)54-42;2-1-3;;;;/h1,4,14-15,35-38,41-42H,2-3,6-13,16-33H2,(H,48,56)(H,49,57)(H,50,58)(H3,46,51,53)(H3,47,52,54);1H,(H,2,3);3*1H3;/t35-,36-,37-,38-,41-,42-;;;;;/m0...../s1. The van der Waals surface area contributed by atoms with E-state index in [0.717, 1.165) is 88.9 Å². The van der Waals surface area contributed by atoms with Gasteiger partial charge in [-0.15, -0.1) is 0 Å². The van der Waals surface area contributed by atoms with Crippen LogP contribution < -0.4 is 41.6 Å². The van der Waals surface area contributed by atoms with E-state index < -0.39 is 18.4 Å². The maximum absolute atomic E-state index is 13.0. The van der Waals surface area contributed by atoms with Gasteiger partial charge in [-0.2, -0.15) is 23.5 Å². The molecule has 2 saturated heterocycles. The number of carbonyl (C=O) groups excluding carboxylic acids is 3. The molecule has 0 bridgehead atoms. The molecule has 19 nitrogen and oxygen atoms in total. The summed E-state index contributed by atoms with van der Waals surface area (Å²) in [5.41, 5.74) is 12.4. The maximum atomic E-state index is 13.0. The normalized spacial score (nSPS) is 21.0. The van der Waals surface area contributed by atoms with Crippen molar-refractivity contribution in [1.29, 1.82) is 0 Å². The van der Waals surface area contributed by atoms with E-state index in [2.05, 4.69) is 57.5 Å². The molecule has 5 rings (SSSR count). The summed E-state index contributed by atoms with van der Waals surface area (Å²) >= 11 is 1.75. The molecule has 0 spiro atoms. The first-order valence-corrected chi connectivity index (χ1v) is 37.9. The van der Waals surface area contributed by atoms with Crippen LogP contribution in [0, 0.1) is 0 Å². The molecule has 402 valence electrons. The second kappa shape index (κ2) is 35.2. The van der Waals surface area contributed by atoms with Crippen molar-refractivity contribution in [3.05, 3.63) is 29.8 Å². The third-order valence-electron chi connectivity index (χ3n) is 12.6. The number of aliphatic imine (C=N–C) groups is 2. The fourth-order valence-corrected chi connectivity index (χ4v) is 15.1. The predicted molar refractivity (Wildman–Crippen MR) is 289 cm³/mol. The van der Waals surface area contributed by atoms with Crippen LogP contribution in [0.4, 0.5) is 0 Å². The number of hydrogen-bond donors (Lipinski definition) is 8. The molecule has 10 N–H and O–H groups in total. The van der Waals surface area contributed by atoms with Gasteiger partial charge >= 0.3 is 125 Å². The van der Waals surface area contributed by atoms with Crippen molar-refractivity contribution in [2.45, 2.75) is 127 Å². The molecule has 4 aliphatic heterocycles. The molecule has 4 aliphatic rings. The average Bonchev–Trinajstić information content (AvgIpc) is 4.11. The Morgan fingerprint density at radius 2 is 1.17 bits per heavy atom. The second-order valence-corrected chi connectivity index (χ2v) is 36.5. The number of hydrogen-bond acceptors (Lipinski definition) is 17. The molecule has 0 unspecified atom stereocenters. The Labute approximate surface area is 435 Å². The van der Waals surface area contributed by atoms with Crippen molar-refractivity contribution in [2.24, 2.45) is 21.5 Å². The summed E-state index contributed by atoms with van der Waals surface area (Å²) in [5.74, 6) is 3.00. The SMILES string of the molecule is O=CO.[CH3][Sn]([CH3])([CH3])[c]1cccc(C(=O)NCCOCCOCCN(CC(=O)NCCCCOCCCCC[C@@H]2SC[C@@H]3NC(N)=N[C@@H]32)CC(=O)NCCCCOCCCCC[C@@H]2SC[C@@H]3NC(N)=N[C@@H]32)c1. The summed E-state index contributed by atoms with van der Waals surface area (Å²) in [7, 11) is 0. The van der Waals surface area contributed by atoms with Crippen LogP contribution >= 0.6 is 23.5 Å². The van der Waals surface area contributed by atoms with E-state index in [1.54, 1.807) is 0 Å². The molecule has 4 heterocycles. The average molecular weight is 1140 g/mol. The summed E-state index contributed by atoms with van der Waals surface area (Å²) in [5, 5.41) is 23.5. The molecule has 2 fully saturated rings. The quantitative estimate of drug-likeness (QED) is 0.0270. The van der Waals surface area contributed by atoms with Gasteiger partial charge in [-0.1, -0.05) is 25.7 Å². The minimum absolute atomic E-state index is 0.0939. The summed E-state index contributed by atoms with van der Waals surface area (Å²) in [6.07, 6.45) is 12.4. The van der Waals surface area contributed by atoms with Crippen LogP contribution in [0.2, 0.25) is 14.8 Å².